The number of likely N-dealkylation sites (N-methyl/N-ethyl adjacent to an activating group) is 1. The normalized spacial score (nSPS) is 12.2. The van der Waals surface area contributed by atoms with Gasteiger partial charge in [0.25, 0.3) is 0 Å². The average molecular weight is 366 g/mol. The zero-order chi connectivity index (χ0) is 17.7. The van der Waals surface area contributed by atoms with E-state index < -0.39 is 0 Å². The van der Waals surface area contributed by atoms with Crippen LogP contribution in [0.25, 0.3) is 0 Å². The average Bonchev–Trinajstić information content (AvgIpc) is 3.05. The quantitative estimate of drug-likeness (QED) is 0.758. The lowest BCUT2D eigenvalue weighted by Gasteiger charge is -2.31. The van der Waals surface area contributed by atoms with Gasteiger partial charge in [0.2, 0.25) is 0 Å². The van der Waals surface area contributed by atoms with E-state index in [1.807, 2.05) is 51.4 Å². The highest BCUT2D eigenvalue weighted by Crippen LogP contribution is 2.24. The van der Waals surface area contributed by atoms with Gasteiger partial charge in [0.1, 0.15) is 5.76 Å². The second kappa shape index (κ2) is 8.51. The van der Waals surface area contributed by atoms with Gasteiger partial charge in [0.15, 0.2) is 5.11 Å². The summed E-state index contributed by atoms with van der Waals surface area (Å²) in [6.07, 6.45) is 1.69. The number of anilines is 1. The summed E-state index contributed by atoms with van der Waals surface area (Å²) in [4.78, 5) is 4.26. The third kappa shape index (κ3) is 4.97. The van der Waals surface area contributed by atoms with Crippen LogP contribution in [-0.2, 0) is 0 Å². The monoisotopic (exact) mass is 365 g/mol. The molecule has 0 radical (unpaired) electrons. The van der Waals surface area contributed by atoms with E-state index in [0.717, 1.165) is 35.1 Å². The molecule has 24 heavy (non-hydrogen) atoms. The van der Waals surface area contributed by atoms with Crippen molar-refractivity contribution in [1.82, 2.24) is 9.80 Å². The minimum absolute atomic E-state index is 0.0425. The smallest absolute Gasteiger partial charge is 0.174 e. The van der Waals surface area contributed by atoms with Gasteiger partial charge in [-0.1, -0.05) is 17.7 Å². The third-order valence-corrected chi connectivity index (χ3v) is 4.64. The highest BCUT2D eigenvalue weighted by Gasteiger charge is 2.21. The molecule has 0 aliphatic heterocycles. The Morgan fingerprint density at radius 2 is 2.04 bits per heavy atom. The number of nitrogens with zero attached hydrogens (tertiary/aromatic N) is 2. The lowest BCUT2D eigenvalue weighted by molar-refractivity contribution is 0.263. The van der Waals surface area contributed by atoms with E-state index in [0.29, 0.717) is 5.11 Å². The molecule has 0 saturated carbocycles. The van der Waals surface area contributed by atoms with Crippen LogP contribution in [0.5, 0.6) is 0 Å². The van der Waals surface area contributed by atoms with E-state index in [1.165, 1.54) is 0 Å². The molecule has 4 nitrogen and oxygen atoms in total. The number of hydrogen-bond donors (Lipinski definition) is 1. The van der Waals surface area contributed by atoms with E-state index in [9.17, 15) is 0 Å². The zero-order valence-electron chi connectivity index (χ0n) is 14.5. The van der Waals surface area contributed by atoms with Gasteiger partial charge in [-0.2, -0.15) is 0 Å². The van der Waals surface area contributed by atoms with E-state index >= 15 is 0 Å². The fourth-order valence-corrected chi connectivity index (χ4v) is 2.88. The fraction of sp³-hybridized carbons (Fsp3) is 0.389. The molecule has 0 unspecified atom stereocenters. The first-order valence-corrected chi connectivity index (χ1v) is 8.69. The van der Waals surface area contributed by atoms with E-state index in [4.69, 9.17) is 28.2 Å². The summed E-state index contributed by atoms with van der Waals surface area (Å²) < 4.78 is 5.55. The van der Waals surface area contributed by atoms with Crippen LogP contribution < -0.4 is 5.32 Å². The molecule has 0 spiro atoms. The van der Waals surface area contributed by atoms with Crippen LogP contribution in [0.2, 0.25) is 5.02 Å². The van der Waals surface area contributed by atoms with Crippen LogP contribution in [0.4, 0.5) is 5.69 Å². The molecule has 0 fully saturated rings. The van der Waals surface area contributed by atoms with Crippen LogP contribution in [0.15, 0.2) is 41.0 Å². The molecule has 1 atom stereocenters. The molecular formula is C18H24ClN3OS. The van der Waals surface area contributed by atoms with Crippen LogP contribution in [0, 0.1) is 6.92 Å². The van der Waals surface area contributed by atoms with Crippen molar-refractivity contribution >= 4 is 34.6 Å². The standard InChI is InChI=1S/C18H24ClN3OS/c1-13-7-8-15(12-16(13)19)20-18(24)22(10-9-21(3)4)14(2)17-6-5-11-23-17/h5-8,11-12,14H,9-10H2,1-4H3,(H,20,24)/t14-/m1/s1. The fourth-order valence-electron chi connectivity index (χ4n) is 2.33. The van der Waals surface area contributed by atoms with Gasteiger partial charge in [-0.25, -0.2) is 0 Å². The van der Waals surface area contributed by atoms with Crippen molar-refractivity contribution in [2.45, 2.75) is 19.9 Å². The van der Waals surface area contributed by atoms with Crippen LogP contribution in [0.3, 0.4) is 0 Å². The van der Waals surface area contributed by atoms with Crippen molar-refractivity contribution in [3.8, 4) is 0 Å². The third-order valence-electron chi connectivity index (χ3n) is 3.89. The Hall–Kier alpha value is -1.56. The van der Waals surface area contributed by atoms with Crippen molar-refractivity contribution in [3.63, 3.8) is 0 Å². The largest absolute Gasteiger partial charge is 0.467 e. The molecule has 0 bridgehead atoms. The van der Waals surface area contributed by atoms with Gasteiger partial charge in [-0.15, -0.1) is 0 Å². The van der Waals surface area contributed by atoms with Crippen molar-refractivity contribution in [3.05, 3.63) is 52.9 Å². The van der Waals surface area contributed by atoms with Gasteiger partial charge in [-0.05, 0) is 70.0 Å². The molecule has 1 aromatic heterocycles. The molecule has 0 aliphatic carbocycles. The molecule has 1 aromatic carbocycles. The minimum Gasteiger partial charge on any atom is -0.467 e. The Kier molecular flexibility index (Phi) is 6.66. The van der Waals surface area contributed by atoms with Gasteiger partial charge in [0, 0.05) is 23.8 Å². The maximum Gasteiger partial charge on any atom is 0.174 e. The Morgan fingerprint density at radius 1 is 1.29 bits per heavy atom. The molecule has 0 amide bonds. The maximum atomic E-state index is 6.20. The molecule has 6 heteroatoms. The number of nitrogens with one attached hydrogen (secondary N) is 1. The zero-order valence-corrected chi connectivity index (χ0v) is 16.1. The van der Waals surface area contributed by atoms with E-state index in [1.54, 1.807) is 6.26 Å². The summed E-state index contributed by atoms with van der Waals surface area (Å²) >= 11 is 11.9. The molecule has 2 rings (SSSR count). The lowest BCUT2D eigenvalue weighted by Crippen LogP contribution is -2.40. The first-order chi connectivity index (χ1) is 11.4. The maximum absolute atomic E-state index is 6.20. The minimum atomic E-state index is 0.0425. The Labute approximate surface area is 154 Å². The molecular weight excluding hydrogens is 342 g/mol. The predicted octanol–water partition coefficient (Wildman–Crippen LogP) is 4.56. The molecule has 1 heterocycles. The molecule has 0 aliphatic rings. The number of rotatable bonds is 6. The molecule has 2 aromatic rings. The van der Waals surface area contributed by atoms with Gasteiger partial charge in [-0.3, -0.25) is 0 Å². The summed E-state index contributed by atoms with van der Waals surface area (Å²) in [5.41, 5.74) is 1.93. The van der Waals surface area contributed by atoms with Gasteiger partial charge < -0.3 is 19.5 Å². The van der Waals surface area contributed by atoms with Crippen molar-refractivity contribution in [2.75, 3.05) is 32.5 Å². The van der Waals surface area contributed by atoms with E-state index in [-0.39, 0.29) is 6.04 Å². The van der Waals surface area contributed by atoms with Crippen molar-refractivity contribution in [2.24, 2.45) is 0 Å². The molecule has 1 N–H and O–H groups in total. The SMILES string of the molecule is Cc1ccc(NC(=S)N(CCN(C)C)[C@H](C)c2ccco2)cc1Cl. The van der Waals surface area contributed by atoms with E-state index in [2.05, 4.69) is 22.0 Å². The predicted molar refractivity (Wildman–Crippen MR) is 105 cm³/mol. The topological polar surface area (TPSA) is 31.6 Å². The van der Waals surface area contributed by atoms with Gasteiger partial charge >= 0.3 is 0 Å². The summed E-state index contributed by atoms with van der Waals surface area (Å²) in [5, 5.41) is 4.67. The number of hydrogen-bond acceptors (Lipinski definition) is 3. The first-order valence-electron chi connectivity index (χ1n) is 7.90. The Balaban J connectivity index is 2.15. The summed E-state index contributed by atoms with van der Waals surface area (Å²) in [6.45, 7) is 5.75. The highest BCUT2D eigenvalue weighted by atomic mass is 35.5. The van der Waals surface area contributed by atoms with Crippen LogP contribution in [-0.4, -0.2) is 42.1 Å². The Bertz CT molecular complexity index is 673. The first kappa shape index (κ1) is 18.8. The number of furan rings is 1. The lowest BCUT2D eigenvalue weighted by atomic mass is 10.2. The number of aryl methyl sites for hydroxylation is 1. The van der Waals surface area contributed by atoms with Crippen molar-refractivity contribution < 1.29 is 4.42 Å². The second-order valence-electron chi connectivity index (χ2n) is 6.08. The molecule has 0 saturated heterocycles. The number of halogens is 1. The second-order valence-corrected chi connectivity index (χ2v) is 6.88. The van der Waals surface area contributed by atoms with Crippen LogP contribution in [0.1, 0.15) is 24.3 Å². The van der Waals surface area contributed by atoms with Crippen molar-refractivity contribution in [1.29, 1.82) is 0 Å². The highest BCUT2D eigenvalue weighted by molar-refractivity contribution is 7.80. The molecule has 130 valence electrons. The summed E-state index contributed by atoms with van der Waals surface area (Å²) in [6, 6.07) is 9.76. The van der Waals surface area contributed by atoms with Crippen LogP contribution >= 0.6 is 23.8 Å². The summed E-state index contributed by atoms with van der Waals surface area (Å²) in [7, 11) is 4.10. The number of benzene rings is 1. The Morgan fingerprint density at radius 3 is 2.62 bits per heavy atom. The summed E-state index contributed by atoms with van der Waals surface area (Å²) in [5.74, 6) is 0.889. The number of thiocarbonyl (C=S) groups is 1. The van der Waals surface area contributed by atoms with Gasteiger partial charge in [0.05, 0.1) is 12.3 Å².